The molecule has 2 heterocycles. The number of carbonyl (C=O) groups excluding carboxylic acids is 1. The molecule has 6 nitrogen and oxygen atoms in total. The van der Waals surface area contributed by atoms with Crippen LogP contribution in [0.2, 0.25) is 0 Å². The van der Waals surface area contributed by atoms with Gasteiger partial charge in [-0.25, -0.2) is 4.98 Å². The van der Waals surface area contributed by atoms with E-state index in [2.05, 4.69) is 59.4 Å². The summed E-state index contributed by atoms with van der Waals surface area (Å²) < 4.78 is 1.87. The predicted molar refractivity (Wildman–Crippen MR) is 139 cm³/mol. The summed E-state index contributed by atoms with van der Waals surface area (Å²) in [6.45, 7) is 7.07. The van der Waals surface area contributed by atoms with Crippen molar-refractivity contribution in [3.63, 3.8) is 0 Å². The lowest BCUT2D eigenvalue weighted by Gasteiger charge is -2.20. The van der Waals surface area contributed by atoms with Crippen molar-refractivity contribution in [2.75, 3.05) is 23.3 Å². The number of hydrogen-bond acceptors (Lipinski definition) is 5. The van der Waals surface area contributed by atoms with Crippen LogP contribution < -0.4 is 10.2 Å². The Labute approximate surface area is 205 Å². The summed E-state index contributed by atoms with van der Waals surface area (Å²) in [5.41, 5.74) is 3.90. The van der Waals surface area contributed by atoms with Gasteiger partial charge in [-0.1, -0.05) is 42.5 Å². The molecule has 0 bridgehead atoms. The molecule has 4 aromatic rings. The first kappa shape index (κ1) is 24.7. The summed E-state index contributed by atoms with van der Waals surface area (Å²) in [6.07, 6.45) is 3.87. The topological polar surface area (TPSA) is 74.0 Å². The maximum atomic E-state index is 12.4. The number of benzene rings is 2. The molecular weight excluding hydrogens is 442 g/mol. The molecule has 0 aliphatic rings. The van der Waals surface area contributed by atoms with Gasteiger partial charge < -0.3 is 9.47 Å². The Balaban J connectivity index is 0.000000248. The second kappa shape index (κ2) is 13.0. The van der Waals surface area contributed by atoms with Crippen LogP contribution in [0.5, 0.6) is 0 Å². The van der Waals surface area contributed by atoms with Crippen molar-refractivity contribution in [2.45, 2.75) is 26.8 Å². The van der Waals surface area contributed by atoms with Crippen molar-refractivity contribution in [2.24, 2.45) is 0 Å². The zero-order chi connectivity index (χ0) is 24.2. The van der Waals surface area contributed by atoms with Gasteiger partial charge in [-0.05, 0) is 49.2 Å². The molecule has 0 aliphatic carbocycles. The predicted octanol–water partition coefficient (Wildman–Crippen LogP) is 5.84. The third-order valence-electron chi connectivity index (χ3n) is 5.33. The SMILES string of the molecule is CCN(CC)c1ccccc1.N#CCc1ccccc1Cn1cccc1C(=O)Nc1nccs1. The van der Waals surface area contributed by atoms with Crippen molar-refractivity contribution in [1.82, 2.24) is 9.55 Å². The highest BCUT2D eigenvalue weighted by Crippen LogP contribution is 2.16. The Kier molecular flexibility index (Phi) is 9.44. The van der Waals surface area contributed by atoms with Crippen LogP contribution in [0.1, 0.15) is 35.5 Å². The van der Waals surface area contributed by atoms with E-state index in [4.69, 9.17) is 5.26 Å². The van der Waals surface area contributed by atoms with E-state index in [1.807, 2.05) is 52.5 Å². The molecule has 7 heteroatoms. The standard InChI is InChI=1S/C17H14N4OS.C10H15N/c18-8-7-13-4-1-2-5-14(13)12-21-10-3-6-15(21)16(22)20-17-19-9-11-23-17;1-3-11(4-2)10-8-6-5-7-9-10/h1-6,9-11H,7,12H2,(H,19,20,22);5-9H,3-4H2,1-2H3. The second-order valence-electron chi connectivity index (χ2n) is 7.42. The largest absolute Gasteiger partial charge is 0.372 e. The van der Waals surface area contributed by atoms with E-state index in [0.29, 0.717) is 23.8 Å². The molecule has 0 saturated heterocycles. The van der Waals surface area contributed by atoms with Gasteiger partial charge in [0.15, 0.2) is 5.13 Å². The van der Waals surface area contributed by atoms with Gasteiger partial charge >= 0.3 is 0 Å². The minimum Gasteiger partial charge on any atom is -0.372 e. The molecule has 34 heavy (non-hydrogen) atoms. The van der Waals surface area contributed by atoms with E-state index in [0.717, 1.165) is 24.2 Å². The average Bonchev–Trinajstić information content (AvgIpc) is 3.55. The van der Waals surface area contributed by atoms with E-state index >= 15 is 0 Å². The number of amides is 1. The minimum absolute atomic E-state index is 0.192. The first-order valence-corrected chi connectivity index (χ1v) is 12.1. The molecule has 2 aromatic heterocycles. The van der Waals surface area contributed by atoms with Crippen molar-refractivity contribution < 1.29 is 4.79 Å². The molecule has 4 rings (SSSR count). The van der Waals surface area contributed by atoms with Crippen molar-refractivity contribution in [1.29, 1.82) is 5.26 Å². The molecule has 0 aliphatic heterocycles. The van der Waals surface area contributed by atoms with Crippen LogP contribution in [0, 0.1) is 11.3 Å². The van der Waals surface area contributed by atoms with Gasteiger partial charge in [-0.15, -0.1) is 11.3 Å². The molecule has 0 unspecified atom stereocenters. The fourth-order valence-electron chi connectivity index (χ4n) is 3.58. The van der Waals surface area contributed by atoms with Crippen LogP contribution in [0.25, 0.3) is 0 Å². The summed E-state index contributed by atoms with van der Waals surface area (Å²) in [5.74, 6) is -0.192. The van der Waals surface area contributed by atoms with Gasteiger partial charge in [0.25, 0.3) is 5.91 Å². The number of hydrogen-bond donors (Lipinski definition) is 1. The summed E-state index contributed by atoms with van der Waals surface area (Å²) in [7, 11) is 0. The van der Waals surface area contributed by atoms with Crippen LogP contribution in [0.3, 0.4) is 0 Å². The van der Waals surface area contributed by atoms with Gasteiger partial charge in [0, 0.05) is 43.1 Å². The molecule has 0 spiro atoms. The van der Waals surface area contributed by atoms with Crippen LogP contribution in [0.4, 0.5) is 10.8 Å². The number of rotatable bonds is 8. The fraction of sp³-hybridized carbons (Fsp3) is 0.222. The van der Waals surface area contributed by atoms with Gasteiger partial charge in [0.2, 0.25) is 0 Å². The second-order valence-corrected chi connectivity index (χ2v) is 8.32. The summed E-state index contributed by atoms with van der Waals surface area (Å²) >= 11 is 1.38. The van der Waals surface area contributed by atoms with E-state index < -0.39 is 0 Å². The van der Waals surface area contributed by atoms with Gasteiger partial charge in [-0.3, -0.25) is 10.1 Å². The Morgan fingerprint density at radius 1 is 1.03 bits per heavy atom. The zero-order valence-corrected chi connectivity index (χ0v) is 20.3. The Morgan fingerprint density at radius 2 is 1.74 bits per heavy atom. The third kappa shape index (κ3) is 6.80. The lowest BCUT2D eigenvalue weighted by Crippen LogP contribution is -2.21. The highest BCUT2D eigenvalue weighted by Gasteiger charge is 2.13. The molecule has 174 valence electrons. The Morgan fingerprint density at radius 3 is 2.38 bits per heavy atom. The first-order valence-electron chi connectivity index (χ1n) is 11.3. The molecule has 1 N–H and O–H groups in total. The third-order valence-corrected chi connectivity index (χ3v) is 6.02. The van der Waals surface area contributed by atoms with Crippen molar-refractivity contribution in [3.8, 4) is 6.07 Å². The fourth-order valence-corrected chi connectivity index (χ4v) is 4.11. The van der Waals surface area contributed by atoms with Gasteiger partial charge in [-0.2, -0.15) is 5.26 Å². The minimum atomic E-state index is -0.192. The number of anilines is 2. The van der Waals surface area contributed by atoms with Gasteiger partial charge in [0.05, 0.1) is 12.5 Å². The van der Waals surface area contributed by atoms with E-state index in [-0.39, 0.29) is 5.91 Å². The number of carbonyl (C=O) groups is 1. The van der Waals surface area contributed by atoms with Gasteiger partial charge in [0.1, 0.15) is 5.69 Å². The number of nitrogens with zero attached hydrogens (tertiary/aromatic N) is 4. The normalized spacial score (nSPS) is 10.0. The molecule has 0 fully saturated rings. The zero-order valence-electron chi connectivity index (χ0n) is 19.5. The number of aromatic nitrogens is 2. The number of nitrogens with one attached hydrogen (secondary N) is 1. The molecular formula is C27H29N5OS. The quantitative estimate of drug-likeness (QED) is 0.350. The van der Waals surface area contributed by atoms with Crippen LogP contribution >= 0.6 is 11.3 Å². The van der Waals surface area contributed by atoms with Crippen molar-refractivity contribution >= 4 is 28.1 Å². The number of para-hydroxylation sites is 1. The molecule has 0 saturated carbocycles. The van der Waals surface area contributed by atoms with E-state index in [9.17, 15) is 4.79 Å². The number of thiazole rings is 1. The van der Waals surface area contributed by atoms with Crippen LogP contribution in [-0.4, -0.2) is 28.5 Å². The molecule has 2 aromatic carbocycles. The maximum Gasteiger partial charge on any atom is 0.274 e. The summed E-state index contributed by atoms with van der Waals surface area (Å²) in [4.78, 5) is 18.8. The molecule has 0 atom stereocenters. The summed E-state index contributed by atoms with van der Waals surface area (Å²) in [5, 5.41) is 14.1. The smallest absolute Gasteiger partial charge is 0.274 e. The Hall–Kier alpha value is -3.89. The Bertz CT molecular complexity index is 1190. The number of nitriles is 1. The lowest BCUT2D eigenvalue weighted by molar-refractivity contribution is 0.101. The van der Waals surface area contributed by atoms with E-state index in [1.54, 1.807) is 12.3 Å². The molecule has 1 amide bonds. The monoisotopic (exact) mass is 471 g/mol. The highest BCUT2D eigenvalue weighted by atomic mass is 32.1. The van der Waals surface area contributed by atoms with Crippen LogP contribution in [0.15, 0.2) is 84.5 Å². The average molecular weight is 472 g/mol. The lowest BCUT2D eigenvalue weighted by atomic mass is 10.1. The highest BCUT2D eigenvalue weighted by molar-refractivity contribution is 7.13. The van der Waals surface area contributed by atoms with E-state index in [1.165, 1.54) is 17.0 Å². The summed E-state index contributed by atoms with van der Waals surface area (Å²) in [6, 6.07) is 24.1. The van der Waals surface area contributed by atoms with Crippen molar-refractivity contribution in [3.05, 3.63) is 101 Å². The van der Waals surface area contributed by atoms with Crippen LogP contribution in [-0.2, 0) is 13.0 Å². The maximum absolute atomic E-state index is 12.4. The molecule has 0 radical (unpaired) electrons. The first-order chi connectivity index (χ1) is 16.7.